The normalized spacial score (nSPS) is 11.4. The second-order valence-electron chi connectivity index (χ2n) is 6.26. The van der Waals surface area contributed by atoms with Crippen LogP contribution in [0.2, 0.25) is 0 Å². The van der Waals surface area contributed by atoms with Gasteiger partial charge in [0.25, 0.3) is 5.91 Å². The number of Topliss-reactive ketones (excluding diaryl/α,β-unsaturated/α-hetero) is 1. The molecule has 0 fully saturated rings. The molecular formula is C21H23NO5. The Hall–Kier alpha value is -3.15. The predicted molar refractivity (Wildman–Crippen MR) is 102 cm³/mol. The molecule has 2 rings (SSSR count). The molecule has 0 saturated heterocycles. The lowest BCUT2D eigenvalue weighted by Crippen LogP contribution is -2.31. The Morgan fingerprint density at radius 2 is 1.59 bits per heavy atom. The molecule has 1 unspecified atom stereocenters. The zero-order valence-corrected chi connectivity index (χ0v) is 15.9. The number of hydrogen-bond donors (Lipinski definition) is 1. The summed E-state index contributed by atoms with van der Waals surface area (Å²) < 4.78 is 10.6. The maximum atomic E-state index is 12.2. The minimum atomic E-state index is -0.980. The lowest BCUT2D eigenvalue weighted by molar-refractivity contribution is -0.155. The van der Waals surface area contributed by atoms with Crippen molar-refractivity contribution in [3.8, 4) is 5.75 Å². The first kappa shape index (κ1) is 20.2. The number of rotatable bonds is 7. The maximum absolute atomic E-state index is 12.2. The summed E-state index contributed by atoms with van der Waals surface area (Å²) in [6.45, 7) is 6.45. The van der Waals surface area contributed by atoms with Gasteiger partial charge < -0.3 is 14.8 Å². The van der Waals surface area contributed by atoms with Crippen molar-refractivity contribution >= 4 is 23.3 Å². The Labute approximate surface area is 158 Å². The van der Waals surface area contributed by atoms with Crippen molar-refractivity contribution in [3.63, 3.8) is 0 Å². The number of ether oxygens (including phenoxy) is 2. The molecule has 142 valence electrons. The molecule has 1 amide bonds. The molecule has 1 N–H and O–H groups in total. The molecule has 0 aliphatic heterocycles. The largest absolute Gasteiger partial charge is 0.481 e. The Balaban J connectivity index is 1.86. The second kappa shape index (κ2) is 8.98. The summed E-state index contributed by atoms with van der Waals surface area (Å²) >= 11 is 0. The van der Waals surface area contributed by atoms with Crippen LogP contribution in [-0.2, 0) is 14.3 Å². The predicted octanol–water partition coefficient (Wildman–Crippen LogP) is 3.46. The van der Waals surface area contributed by atoms with Crippen LogP contribution in [0.1, 0.15) is 35.3 Å². The number of carbonyl (C=O) groups excluding carboxylic acids is 3. The highest BCUT2D eigenvalue weighted by Gasteiger charge is 2.19. The number of amides is 1. The SMILES string of the molecule is CC(=O)c1ccc(NC(=O)C(C)OC(=O)COc2c(C)cccc2C)cc1. The molecule has 0 heterocycles. The lowest BCUT2D eigenvalue weighted by Gasteiger charge is -2.15. The fourth-order valence-electron chi connectivity index (χ4n) is 2.47. The average molecular weight is 369 g/mol. The van der Waals surface area contributed by atoms with Gasteiger partial charge in [0, 0.05) is 11.3 Å². The van der Waals surface area contributed by atoms with E-state index in [-0.39, 0.29) is 12.4 Å². The van der Waals surface area contributed by atoms with Gasteiger partial charge in [0.15, 0.2) is 18.5 Å². The molecule has 0 aliphatic rings. The third-order valence-electron chi connectivity index (χ3n) is 3.98. The van der Waals surface area contributed by atoms with Crippen molar-refractivity contribution in [3.05, 3.63) is 59.2 Å². The Bertz CT molecular complexity index is 822. The van der Waals surface area contributed by atoms with Crippen molar-refractivity contribution in [2.24, 2.45) is 0 Å². The van der Waals surface area contributed by atoms with Crippen LogP contribution in [0.15, 0.2) is 42.5 Å². The molecule has 0 aromatic heterocycles. The van der Waals surface area contributed by atoms with E-state index in [1.165, 1.54) is 13.8 Å². The molecule has 0 saturated carbocycles. The van der Waals surface area contributed by atoms with E-state index in [9.17, 15) is 14.4 Å². The highest BCUT2D eigenvalue weighted by atomic mass is 16.6. The number of benzene rings is 2. The van der Waals surface area contributed by atoms with Gasteiger partial charge in [-0.2, -0.15) is 0 Å². The van der Waals surface area contributed by atoms with Gasteiger partial charge in [-0.1, -0.05) is 18.2 Å². The minimum absolute atomic E-state index is 0.0564. The Morgan fingerprint density at radius 3 is 2.15 bits per heavy atom. The van der Waals surface area contributed by atoms with E-state index in [0.29, 0.717) is 17.0 Å². The standard InChI is InChI=1S/C21H23NO5/c1-13-6-5-7-14(2)20(13)26-12-19(24)27-16(4)21(25)22-18-10-8-17(9-11-18)15(3)23/h5-11,16H,12H2,1-4H3,(H,22,25). The van der Waals surface area contributed by atoms with E-state index in [1.54, 1.807) is 24.3 Å². The van der Waals surface area contributed by atoms with Crippen LogP contribution in [0.25, 0.3) is 0 Å². The monoisotopic (exact) mass is 369 g/mol. The number of hydrogen-bond acceptors (Lipinski definition) is 5. The number of ketones is 1. The van der Waals surface area contributed by atoms with Crippen molar-refractivity contribution in [1.82, 2.24) is 0 Å². The van der Waals surface area contributed by atoms with Crippen LogP contribution >= 0.6 is 0 Å². The molecule has 0 radical (unpaired) electrons. The number of esters is 1. The summed E-state index contributed by atoms with van der Waals surface area (Å²) in [7, 11) is 0. The van der Waals surface area contributed by atoms with E-state index in [4.69, 9.17) is 9.47 Å². The van der Waals surface area contributed by atoms with Crippen LogP contribution in [0.5, 0.6) is 5.75 Å². The number of carbonyl (C=O) groups is 3. The second-order valence-corrected chi connectivity index (χ2v) is 6.26. The van der Waals surface area contributed by atoms with E-state index in [1.807, 2.05) is 32.0 Å². The van der Waals surface area contributed by atoms with Crippen molar-refractivity contribution in [2.75, 3.05) is 11.9 Å². The topological polar surface area (TPSA) is 81.7 Å². The van der Waals surface area contributed by atoms with E-state index < -0.39 is 18.0 Å². The van der Waals surface area contributed by atoms with Gasteiger partial charge in [0.05, 0.1) is 0 Å². The molecule has 0 aliphatic carbocycles. The number of aryl methyl sites for hydroxylation is 2. The summed E-state index contributed by atoms with van der Waals surface area (Å²) in [6, 6.07) is 12.2. The van der Waals surface area contributed by atoms with Crippen LogP contribution in [0.3, 0.4) is 0 Å². The quantitative estimate of drug-likeness (QED) is 0.597. The molecule has 2 aromatic rings. The first-order chi connectivity index (χ1) is 12.8. The summed E-state index contributed by atoms with van der Waals surface area (Å²) in [5.74, 6) is -0.519. The minimum Gasteiger partial charge on any atom is -0.481 e. The zero-order chi connectivity index (χ0) is 20.0. The summed E-state index contributed by atoms with van der Waals surface area (Å²) in [6.07, 6.45) is -0.980. The third kappa shape index (κ3) is 5.67. The van der Waals surface area contributed by atoms with Crippen LogP contribution < -0.4 is 10.1 Å². The molecule has 0 bridgehead atoms. The first-order valence-corrected chi connectivity index (χ1v) is 8.58. The first-order valence-electron chi connectivity index (χ1n) is 8.58. The molecule has 2 aromatic carbocycles. The molecule has 27 heavy (non-hydrogen) atoms. The third-order valence-corrected chi connectivity index (χ3v) is 3.98. The number of para-hydroxylation sites is 1. The highest BCUT2D eigenvalue weighted by Crippen LogP contribution is 2.22. The maximum Gasteiger partial charge on any atom is 0.344 e. The van der Waals surface area contributed by atoms with Gasteiger partial charge in [-0.3, -0.25) is 9.59 Å². The molecule has 0 spiro atoms. The van der Waals surface area contributed by atoms with Gasteiger partial charge in [0.2, 0.25) is 0 Å². The Kier molecular flexibility index (Phi) is 6.71. The highest BCUT2D eigenvalue weighted by molar-refractivity contribution is 5.97. The number of anilines is 1. The van der Waals surface area contributed by atoms with Gasteiger partial charge in [-0.25, -0.2) is 4.79 Å². The average Bonchev–Trinajstić information content (AvgIpc) is 2.61. The smallest absolute Gasteiger partial charge is 0.344 e. The van der Waals surface area contributed by atoms with Crippen LogP contribution in [0.4, 0.5) is 5.69 Å². The van der Waals surface area contributed by atoms with Gasteiger partial charge in [-0.15, -0.1) is 0 Å². The zero-order valence-electron chi connectivity index (χ0n) is 15.9. The van der Waals surface area contributed by atoms with Gasteiger partial charge in [0.1, 0.15) is 5.75 Å². The fourth-order valence-corrected chi connectivity index (χ4v) is 2.47. The molecule has 6 nitrogen and oxygen atoms in total. The molecule has 6 heteroatoms. The summed E-state index contributed by atoms with van der Waals surface area (Å²) in [5, 5.41) is 2.64. The van der Waals surface area contributed by atoms with Gasteiger partial charge >= 0.3 is 5.97 Å². The van der Waals surface area contributed by atoms with Crippen molar-refractivity contribution < 1.29 is 23.9 Å². The van der Waals surface area contributed by atoms with Gasteiger partial charge in [-0.05, 0) is 63.1 Å². The van der Waals surface area contributed by atoms with Crippen molar-refractivity contribution in [1.29, 1.82) is 0 Å². The summed E-state index contributed by atoms with van der Waals surface area (Å²) in [4.78, 5) is 35.4. The lowest BCUT2D eigenvalue weighted by atomic mass is 10.1. The van der Waals surface area contributed by atoms with Crippen LogP contribution in [0, 0.1) is 13.8 Å². The fraction of sp³-hybridized carbons (Fsp3) is 0.286. The van der Waals surface area contributed by atoms with E-state index in [0.717, 1.165) is 11.1 Å². The molecular weight excluding hydrogens is 346 g/mol. The van der Waals surface area contributed by atoms with Crippen molar-refractivity contribution in [2.45, 2.75) is 33.8 Å². The van der Waals surface area contributed by atoms with E-state index in [2.05, 4.69) is 5.32 Å². The van der Waals surface area contributed by atoms with Crippen LogP contribution in [-0.4, -0.2) is 30.4 Å². The number of nitrogens with one attached hydrogen (secondary N) is 1. The Morgan fingerprint density at radius 1 is 1.00 bits per heavy atom. The molecule has 1 atom stereocenters. The van der Waals surface area contributed by atoms with E-state index >= 15 is 0 Å². The summed E-state index contributed by atoms with van der Waals surface area (Å²) in [5.41, 5.74) is 2.90.